The predicted molar refractivity (Wildman–Crippen MR) is 105 cm³/mol. The minimum absolute atomic E-state index is 0.109. The van der Waals surface area contributed by atoms with Crippen molar-refractivity contribution in [3.05, 3.63) is 29.8 Å². The van der Waals surface area contributed by atoms with E-state index in [0.717, 1.165) is 57.0 Å². The minimum Gasteiger partial charge on any atom is -0.383 e. The molecule has 0 bridgehead atoms. The summed E-state index contributed by atoms with van der Waals surface area (Å²) in [7, 11) is -3.54. The first-order chi connectivity index (χ1) is 12.9. The van der Waals surface area contributed by atoms with E-state index < -0.39 is 10.1 Å². The third-order valence-electron chi connectivity index (χ3n) is 4.59. The topological polar surface area (TPSA) is 72.9 Å². The van der Waals surface area contributed by atoms with Gasteiger partial charge in [0.15, 0.2) is 0 Å². The Hall–Kier alpha value is -1.60. The van der Waals surface area contributed by atoms with Crippen LogP contribution in [0.25, 0.3) is 0 Å². The van der Waals surface area contributed by atoms with Crippen LogP contribution in [0.4, 0.5) is 0 Å². The molecule has 1 heterocycles. The molecule has 1 aromatic carbocycles. The van der Waals surface area contributed by atoms with Crippen LogP contribution in [0.15, 0.2) is 24.3 Å². The van der Waals surface area contributed by atoms with Gasteiger partial charge in [-0.3, -0.25) is 4.79 Å². The van der Waals surface area contributed by atoms with Crippen LogP contribution in [-0.4, -0.2) is 44.7 Å². The Kier molecular flexibility index (Phi) is 8.57. The van der Waals surface area contributed by atoms with Crippen LogP contribution in [-0.2, 0) is 26.2 Å². The summed E-state index contributed by atoms with van der Waals surface area (Å²) < 4.78 is 33.0. The average Bonchev–Trinajstić information content (AvgIpc) is 3.11. The summed E-state index contributed by atoms with van der Waals surface area (Å²) in [4.78, 5) is 14.6. The highest BCUT2D eigenvalue weighted by molar-refractivity contribution is 7.86. The number of unbranched alkanes of at least 4 members (excludes halogenated alkanes) is 3. The molecular formula is C20H31NO5S. The van der Waals surface area contributed by atoms with Gasteiger partial charge in [-0.1, -0.05) is 38.3 Å². The van der Waals surface area contributed by atoms with Gasteiger partial charge in [0.1, 0.15) is 5.75 Å². The van der Waals surface area contributed by atoms with Crippen molar-refractivity contribution < 1.29 is 22.1 Å². The molecule has 0 aliphatic carbocycles. The number of nitrogens with zero attached hydrogens (tertiary/aromatic N) is 1. The molecule has 1 aliphatic heterocycles. The highest BCUT2D eigenvalue weighted by Gasteiger charge is 2.22. The van der Waals surface area contributed by atoms with Gasteiger partial charge in [0, 0.05) is 26.1 Å². The summed E-state index contributed by atoms with van der Waals surface area (Å²) in [6.45, 7) is 4.02. The van der Waals surface area contributed by atoms with Gasteiger partial charge in [0.25, 0.3) is 0 Å². The van der Waals surface area contributed by atoms with E-state index in [1.165, 1.54) is 0 Å². The fraction of sp³-hybridized carbons (Fsp3) is 0.650. The second-order valence-corrected chi connectivity index (χ2v) is 8.73. The second-order valence-electron chi connectivity index (χ2n) is 7.15. The third kappa shape index (κ3) is 8.30. The molecule has 1 atom stereocenters. The van der Waals surface area contributed by atoms with Gasteiger partial charge in [-0.05, 0) is 37.0 Å². The Morgan fingerprint density at radius 3 is 2.56 bits per heavy atom. The van der Waals surface area contributed by atoms with Crippen molar-refractivity contribution in [1.82, 2.24) is 4.90 Å². The first-order valence-electron chi connectivity index (χ1n) is 9.75. The fourth-order valence-electron chi connectivity index (χ4n) is 3.20. The SMILES string of the molecule is CCCCCCC(=O)N(Cc1ccc(OS(C)(=O)=O)cc1)C[C@H]1CCCO1. The quantitative estimate of drug-likeness (QED) is 0.422. The van der Waals surface area contributed by atoms with Crippen LogP contribution in [0.2, 0.25) is 0 Å². The molecule has 0 N–H and O–H groups in total. The van der Waals surface area contributed by atoms with Gasteiger partial charge in [-0.2, -0.15) is 8.42 Å². The number of rotatable bonds is 11. The Bertz CT molecular complexity index is 681. The van der Waals surface area contributed by atoms with Crippen molar-refractivity contribution in [2.75, 3.05) is 19.4 Å². The normalized spacial score (nSPS) is 17.0. The second kappa shape index (κ2) is 10.7. The molecule has 2 rings (SSSR count). The van der Waals surface area contributed by atoms with E-state index in [1.54, 1.807) is 24.3 Å². The van der Waals surface area contributed by atoms with E-state index in [0.29, 0.717) is 19.5 Å². The average molecular weight is 398 g/mol. The van der Waals surface area contributed by atoms with Crippen LogP contribution in [0, 0.1) is 0 Å². The summed E-state index contributed by atoms with van der Waals surface area (Å²) in [5.74, 6) is 0.427. The van der Waals surface area contributed by atoms with Crippen molar-refractivity contribution in [2.24, 2.45) is 0 Å². The van der Waals surface area contributed by atoms with Gasteiger partial charge < -0.3 is 13.8 Å². The molecule has 1 amide bonds. The largest absolute Gasteiger partial charge is 0.383 e. The monoisotopic (exact) mass is 397 g/mol. The molecule has 1 fully saturated rings. The minimum atomic E-state index is -3.54. The first kappa shape index (κ1) is 21.7. The summed E-state index contributed by atoms with van der Waals surface area (Å²) in [6.07, 6.45) is 8.00. The van der Waals surface area contributed by atoms with Gasteiger partial charge in [0.2, 0.25) is 5.91 Å². The lowest BCUT2D eigenvalue weighted by Crippen LogP contribution is -2.36. The number of amides is 1. The van der Waals surface area contributed by atoms with Crippen LogP contribution in [0.5, 0.6) is 5.75 Å². The summed E-state index contributed by atoms with van der Waals surface area (Å²) in [6, 6.07) is 6.83. The van der Waals surface area contributed by atoms with Gasteiger partial charge in [-0.15, -0.1) is 0 Å². The van der Waals surface area contributed by atoms with Gasteiger partial charge in [-0.25, -0.2) is 0 Å². The Labute approximate surface area is 163 Å². The molecule has 0 aromatic heterocycles. The molecule has 0 saturated carbocycles. The zero-order valence-corrected chi connectivity index (χ0v) is 17.2. The fourth-order valence-corrected chi connectivity index (χ4v) is 3.66. The van der Waals surface area contributed by atoms with E-state index in [-0.39, 0.29) is 17.8 Å². The van der Waals surface area contributed by atoms with Crippen LogP contribution in [0.3, 0.4) is 0 Å². The molecule has 0 unspecified atom stereocenters. The Morgan fingerprint density at radius 2 is 1.96 bits per heavy atom. The first-order valence-corrected chi connectivity index (χ1v) is 11.6. The van der Waals surface area contributed by atoms with Crippen molar-refractivity contribution in [3.8, 4) is 5.75 Å². The van der Waals surface area contributed by atoms with Crippen molar-refractivity contribution in [1.29, 1.82) is 0 Å². The van der Waals surface area contributed by atoms with Crippen molar-refractivity contribution in [3.63, 3.8) is 0 Å². The Balaban J connectivity index is 1.98. The van der Waals surface area contributed by atoms with E-state index in [2.05, 4.69) is 6.92 Å². The van der Waals surface area contributed by atoms with Crippen molar-refractivity contribution in [2.45, 2.75) is 64.5 Å². The maximum atomic E-state index is 12.7. The third-order valence-corrected chi connectivity index (χ3v) is 5.08. The number of benzene rings is 1. The smallest absolute Gasteiger partial charge is 0.306 e. The standard InChI is InChI=1S/C20H31NO5S/c1-3-4-5-6-9-20(22)21(16-19-8-7-14-25-19)15-17-10-12-18(13-11-17)26-27(2,23)24/h10-13,19H,3-9,14-16H2,1-2H3/t19-/m1/s1. The lowest BCUT2D eigenvalue weighted by atomic mass is 10.1. The molecule has 1 aliphatic rings. The molecule has 0 spiro atoms. The summed E-state index contributed by atoms with van der Waals surface area (Å²) in [5.41, 5.74) is 0.941. The predicted octanol–water partition coefficient (Wildman–Crippen LogP) is 3.50. The highest BCUT2D eigenvalue weighted by atomic mass is 32.2. The van der Waals surface area contributed by atoms with E-state index in [1.807, 2.05) is 4.90 Å². The number of hydrogen-bond donors (Lipinski definition) is 0. The van der Waals surface area contributed by atoms with E-state index in [9.17, 15) is 13.2 Å². The maximum absolute atomic E-state index is 12.7. The molecule has 27 heavy (non-hydrogen) atoms. The number of ether oxygens (including phenoxy) is 1. The molecule has 1 saturated heterocycles. The van der Waals surface area contributed by atoms with Crippen LogP contribution in [0.1, 0.15) is 57.4 Å². The maximum Gasteiger partial charge on any atom is 0.306 e. The zero-order valence-electron chi connectivity index (χ0n) is 16.4. The van der Waals surface area contributed by atoms with Crippen molar-refractivity contribution >= 4 is 16.0 Å². The lowest BCUT2D eigenvalue weighted by Gasteiger charge is -2.26. The number of carbonyl (C=O) groups excluding carboxylic acids is 1. The van der Waals surface area contributed by atoms with Gasteiger partial charge in [0.05, 0.1) is 12.4 Å². The lowest BCUT2D eigenvalue weighted by molar-refractivity contribution is -0.133. The molecule has 0 radical (unpaired) electrons. The molecule has 1 aromatic rings. The molecular weight excluding hydrogens is 366 g/mol. The van der Waals surface area contributed by atoms with Crippen LogP contribution >= 0.6 is 0 Å². The Morgan fingerprint density at radius 1 is 1.22 bits per heavy atom. The highest BCUT2D eigenvalue weighted by Crippen LogP contribution is 2.19. The molecule has 152 valence electrons. The molecule has 7 heteroatoms. The number of hydrogen-bond acceptors (Lipinski definition) is 5. The summed E-state index contributed by atoms with van der Waals surface area (Å²) in [5, 5.41) is 0. The van der Waals surface area contributed by atoms with E-state index >= 15 is 0 Å². The molecule has 6 nitrogen and oxygen atoms in total. The summed E-state index contributed by atoms with van der Waals surface area (Å²) >= 11 is 0. The number of carbonyl (C=O) groups is 1. The van der Waals surface area contributed by atoms with Crippen LogP contribution < -0.4 is 4.18 Å². The zero-order chi connectivity index (χ0) is 19.7. The van der Waals surface area contributed by atoms with E-state index in [4.69, 9.17) is 8.92 Å². The van der Waals surface area contributed by atoms with Gasteiger partial charge >= 0.3 is 10.1 Å².